The molecule has 84 valence electrons. The van der Waals surface area contributed by atoms with Crippen molar-refractivity contribution < 1.29 is 0 Å². The van der Waals surface area contributed by atoms with Gasteiger partial charge in [-0.2, -0.15) is 0 Å². The van der Waals surface area contributed by atoms with E-state index in [-0.39, 0.29) is 0 Å². The predicted octanol–water partition coefficient (Wildman–Crippen LogP) is 4.14. The number of allylic oxidation sites excluding steroid dienone is 2. The Bertz CT molecular complexity index is 410. The Labute approximate surface area is 99.4 Å². The van der Waals surface area contributed by atoms with Crippen molar-refractivity contribution in [2.75, 3.05) is 0 Å². The average molecular weight is 212 g/mol. The lowest BCUT2D eigenvalue weighted by Crippen LogP contribution is -2.01. The molecule has 0 aliphatic rings. The third-order valence-corrected chi connectivity index (χ3v) is 2.88. The maximum Gasteiger partial charge on any atom is -0.00235 e. The summed E-state index contributed by atoms with van der Waals surface area (Å²) in [5.41, 5.74) is 4.07. The van der Waals surface area contributed by atoms with E-state index in [4.69, 9.17) is 0 Å². The van der Waals surface area contributed by atoms with Gasteiger partial charge in [0, 0.05) is 0 Å². The molecule has 0 aromatic heterocycles. The summed E-state index contributed by atoms with van der Waals surface area (Å²) < 4.78 is 0. The minimum atomic E-state index is 0.559. The van der Waals surface area contributed by atoms with Gasteiger partial charge < -0.3 is 0 Å². The van der Waals surface area contributed by atoms with Crippen LogP contribution in [0.2, 0.25) is 0 Å². The van der Waals surface area contributed by atoms with Crippen molar-refractivity contribution in [1.82, 2.24) is 0 Å². The van der Waals surface area contributed by atoms with Crippen LogP contribution in [0.25, 0.3) is 0 Å². The molecule has 0 saturated heterocycles. The quantitative estimate of drug-likeness (QED) is 0.660. The number of benzene rings is 1. The van der Waals surface area contributed by atoms with E-state index in [0.29, 0.717) is 5.92 Å². The van der Waals surface area contributed by atoms with E-state index >= 15 is 0 Å². The molecule has 1 aromatic rings. The van der Waals surface area contributed by atoms with Gasteiger partial charge in [-0.05, 0) is 44.7 Å². The molecule has 0 fully saturated rings. The molecule has 1 unspecified atom stereocenters. The molecule has 0 saturated carbocycles. The lowest BCUT2D eigenvalue weighted by Gasteiger charge is -2.11. The highest BCUT2D eigenvalue weighted by molar-refractivity contribution is 5.25. The summed E-state index contributed by atoms with van der Waals surface area (Å²) in [6.45, 7) is 8.40. The van der Waals surface area contributed by atoms with Gasteiger partial charge >= 0.3 is 0 Å². The monoisotopic (exact) mass is 212 g/mol. The summed E-state index contributed by atoms with van der Waals surface area (Å²) in [7, 11) is 0. The van der Waals surface area contributed by atoms with Gasteiger partial charge in [0.15, 0.2) is 0 Å². The summed E-state index contributed by atoms with van der Waals surface area (Å²) in [6, 6.07) is 8.77. The Kier molecular flexibility index (Phi) is 4.86. The zero-order chi connectivity index (χ0) is 12.0. The Balaban J connectivity index is 2.66. The maximum absolute atomic E-state index is 3.01. The Morgan fingerprint density at radius 1 is 1.31 bits per heavy atom. The maximum atomic E-state index is 3.01. The van der Waals surface area contributed by atoms with Gasteiger partial charge in [0.1, 0.15) is 0 Å². The number of aryl methyl sites for hydroxylation is 1. The van der Waals surface area contributed by atoms with Crippen LogP contribution in [0.1, 0.15) is 31.9 Å². The predicted molar refractivity (Wildman–Crippen MR) is 71.3 cm³/mol. The smallest absolute Gasteiger partial charge is 0.00235 e. The van der Waals surface area contributed by atoms with Gasteiger partial charge in [-0.15, -0.1) is 5.92 Å². The lowest BCUT2D eigenvalue weighted by atomic mass is 9.94. The first kappa shape index (κ1) is 12.6. The summed E-state index contributed by atoms with van der Waals surface area (Å²) in [5, 5.41) is 0. The van der Waals surface area contributed by atoms with Crippen LogP contribution in [0.4, 0.5) is 0 Å². The molecule has 0 nitrogen and oxygen atoms in total. The lowest BCUT2D eigenvalue weighted by molar-refractivity contribution is 0.678. The van der Waals surface area contributed by atoms with Crippen LogP contribution < -0.4 is 0 Å². The second-order valence-electron chi connectivity index (χ2n) is 4.37. The molecule has 0 bridgehead atoms. The van der Waals surface area contributed by atoms with E-state index in [2.05, 4.69) is 56.9 Å². The molecule has 0 spiro atoms. The first-order valence-electron chi connectivity index (χ1n) is 5.78. The van der Waals surface area contributed by atoms with Gasteiger partial charge in [0.05, 0.1) is 0 Å². The van der Waals surface area contributed by atoms with Crippen molar-refractivity contribution in [3.63, 3.8) is 0 Å². The Morgan fingerprint density at radius 2 is 1.94 bits per heavy atom. The molecule has 1 rings (SSSR count). The molecule has 16 heavy (non-hydrogen) atoms. The molecule has 0 amide bonds. The van der Waals surface area contributed by atoms with E-state index in [9.17, 15) is 0 Å². The average Bonchev–Trinajstić information content (AvgIpc) is 2.29. The fourth-order valence-corrected chi connectivity index (χ4v) is 1.57. The van der Waals surface area contributed by atoms with Crippen LogP contribution in [-0.2, 0) is 6.42 Å². The topological polar surface area (TPSA) is 0 Å². The van der Waals surface area contributed by atoms with E-state index in [1.807, 2.05) is 13.0 Å². The van der Waals surface area contributed by atoms with Crippen molar-refractivity contribution in [2.45, 2.75) is 34.1 Å². The van der Waals surface area contributed by atoms with Crippen molar-refractivity contribution in [3.05, 3.63) is 47.0 Å². The number of rotatable bonds is 3. The minimum absolute atomic E-state index is 0.559. The van der Waals surface area contributed by atoms with Crippen LogP contribution in [0.15, 0.2) is 35.9 Å². The standard InChI is InChI=1S/C16H20/c1-5-6-7-14(3)15(4)12-16-10-8-13(2)9-11-16/h7-11,15H,12H2,1-4H3. The summed E-state index contributed by atoms with van der Waals surface area (Å²) in [5.74, 6) is 6.47. The van der Waals surface area contributed by atoms with E-state index < -0.39 is 0 Å². The number of hydrogen-bond donors (Lipinski definition) is 0. The molecule has 0 aliphatic carbocycles. The molecule has 0 radical (unpaired) electrons. The van der Waals surface area contributed by atoms with Crippen LogP contribution in [0.3, 0.4) is 0 Å². The molecule has 0 heteroatoms. The largest absolute Gasteiger partial charge is 0.102 e. The summed E-state index contributed by atoms with van der Waals surface area (Å²) in [6.07, 6.45) is 3.12. The van der Waals surface area contributed by atoms with Crippen molar-refractivity contribution >= 4 is 0 Å². The third-order valence-electron chi connectivity index (χ3n) is 2.88. The molecule has 1 aromatic carbocycles. The van der Waals surface area contributed by atoms with Crippen molar-refractivity contribution in [2.24, 2.45) is 5.92 Å². The van der Waals surface area contributed by atoms with Crippen LogP contribution in [0.5, 0.6) is 0 Å². The van der Waals surface area contributed by atoms with Gasteiger partial charge in [0.2, 0.25) is 0 Å². The van der Waals surface area contributed by atoms with Gasteiger partial charge in [-0.3, -0.25) is 0 Å². The minimum Gasteiger partial charge on any atom is -0.102 e. The molecular weight excluding hydrogens is 192 g/mol. The van der Waals surface area contributed by atoms with Crippen molar-refractivity contribution in [1.29, 1.82) is 0 Å². The van der Waals surface area contributed by atoms with Crippen LogP contribution >= 0.6 is 0 Å². The first-order valence-corrected chi connectivity index (χ1v) is 5.78. The van der Waals surface area contributed by atoms with Crippen LogP contribution in [0, 0.1) is 24.7 Å². The van der Waals surface area contributed by atoms with Crippen molar-refractivity contribution in [3.8, 4) is 11.8 Å². The second kappa shape index (κ2) is 6.18. The molecular formula is C16H20. The third kappa shape index (κ3) is 3.95. The van der Waals surface area contributed by atoms with Gasteiger partial charge in [-0.25, -0.2) is 0 Å². The Morgan fingerprint density at radius 3 is 2.50 bits per heavy atom. The fourth-order valence-electron chi connectivity index (χ4n) is 1.57. The highest BCUT2D eigenvalue weighted by atomic mass is 14.1. The van der Waals surface area contributed by atoms with E-state index in [1.54, 1.807) is 0 Å². The zero-order valence-corrected chi connectivity index (χ0v) is 10.7. The molecule has 0 aliphatic heterocycles. The molecule has 0 N–H and O–H groups in total. The van der Waals surface area contributed by atoms with E-state index in [1.165, 1.54) is 16.7 Å². The summed E-state index contributed by atoms with van der Waals surface area (Å²) in [4.78, 5) is 0. The molecule has 0 heterocycles. The summed E-state index contributed by atoms with van der Waals surface area (Å²) >= 11 is 0. The Hall–Kier alpha value is -1.48. The second-order valence-corrected chi connectivity index (χ2v) is 4.37. The zero-order valence-electron chi connectivity index (χ0n) is 10.7. The van der Waals surface area contributed by atoms with Crippen LogP contribution in [-0.4, -0.2) is 0 Å². The highest BCUT2D eigenvalue weighted by Crippen LogP contribution is 2.16. The SMILES string of the molecule is CC#CC=C(C)C(C)Cc1ccc(C)cc1. The van der Waals surface area contributed by atoms with E-state index in [0.717, 1.165) is 6.42 Å². The molecule has 1 atom stereocenters. The normalized spacial score (nSPS) is 12.9. The fraction of sp³-hybridized carbons (Fsp3) is 0.375. The van der Waals surface area contributed by atoms with Gasteiger partial charge in [-0.1, -0.05) is 48.2 Å². The van der Waals surface area contributed by atoms with Gasteiger partial charge in [0.25, 0.3) is 0 Å². The number of hydrogen-bond acceptors (Lipinski definition) is 0. The highest BCUT2D eigenvalue weighted by Gasteiger charge is 2.04. The first-order chi connectivity index (χ1) is 7.63.